The third-order valence-electron chi connectivity index (χ3n) is 3.39. The first-order valence-corrected chi connectivity index (χ1v) is 6.94. The normalized spacial score (nSPS) is 12.7. The smallest absolute Gasteiger partial charge is 0.231 e. The Hall–Kier alpha value is -1.71. The molecule has 1 N–H and O–H groups in total. The highest BCUT2D eigenvalue weighted by molar-refractivity contribution is 6.30. The molecule has 0 spiro atoms. The number of hydrogen-bond acceptors (Lipinski definition) is 3. The highest BCUT2D eigenvalue weighted by Gasteiger charge is 2.12. The van der Waals surface area contributed by atoms with Crippen molar-refractivity contribution in [2.45, 2.75) is 20.0 Å². The van der Waals surface area contributed by atoms with Crippen LogP contribution < -0.4 is 14.8 Å². The van der Waals surface area contributed by atoms with Gasteiger partial charge in [-0.2, -0.15) is 0 Å². The van der Waals surface area contributed by atoms with Crippen molar-refractivity contribution in [3.8, 4) is 11.5 Å². The molecule has 0 unspecified atom stereocenters. The summed E-state index contributed by atoms with van der Waals surface area (Å²) in [6.45, 7) is 4.00. The molecular formula is C16H16ClNO2. The van der Waals surface area contributed by atoms with E-state index in [-0.39, 0.29) is 0 Å². The number of fused-ring (bicyclic) bond motifs is 1. The summed E-state index contributed by atoms with van der Waals surface area (Å²) in [6.07, 6.45) is 0. The number of rotatable bonds is 4. The van der Waals surface area contributed by atoms with E-state index in [9.17, 15) is 0 Å². The van der Waals surface area contributed by atoms with E-state index in [0.29, 0.717) is 6.79 Å². The van der Waals surface area contributed by atoms with Crippen molar-refractivity contribution in [3.05, 3.63) is 58.1 Å². The largest absolute Gasteiger partial charge is 0.454 e. The minimum atomic E-state index is 0.316. The summed E-state index contributed by atoms with van der Waals surface area (Å²) < 4.78 is 10.7. The van der Waals surface area contributed by atoms with Crippen LogP contribution in [0, 0.1) is 6.92 Å². The second-order valence-electron chi connectivity index (χ2n) is 4.86. The SMILES string of the molecule is Cc1cc(Cl)ccc1CNCc1ccc2c(c1)OCO2. The average Bonchev–Trinajstić information content (AvgIpc) is 2.89. The summed E-state index contributed by atoms with van der Waals surface area (Å²) in [5.74, 6) is 1.65. The molecule has 1 aliphatic rings. The van der Waals surface area contributed by atoms with Gasteiger partial charge in [-0.1, -0.05) is 23.7 Å². The molecule has 20 heavy (non-hydrogen) atoms. The van der Waals surface area contributed by atoms with E-state index in [2.05, 4.69) is 24.4 Å². The second kappa shape index (κ2) is 5.73. The molecule has 3 rings (SSSR count). The van der Waals surface area contributed by atoms with Gasteiger partial charge in [-0.05, 0) is 47.9 Å². The Kier molecular flexibility index (Phi) is 3.81. The monoisotopic (exact) mass is 289 g/mol. The fraction of sp³-hybridized carbons (Fsp3) is 0.250. The number of benzene rings is 2. The van der Waals surface area contributed by atoms with E-state index in [1.807, 2.05) is 24.3 Å². The zero-order chi connectivity index (χ0) is 13.9. The van der Waals surface area contributed by atoms with E-state index < -0.39 is 0 Å². The molecule has 0 atom stereocenters. The molecule has 0 aromatic heterocycles. The van der Waals surface area contributed by atoms with E-state index in [1.54, 1.807) is 0 Å². The summed E-state index contributed by atoms with van der Waals surface area (Å²) in [5, 5.41) is 4.21. The van der Waals surface area contributed by atoms with Crippen LogP contribution in [0.15, 0.2) is 36.4 Å². The predicted octanol–water partition coefficient (Wildman–Crippen LogP) is 3.67. The summed E-state index contributed by atoms with van der Waals surface area (Å²) >= 11 is 5.95. The van der Waals surface area contributed by atoms with Gasteiger partial charge in [-0.15, -0.1) is 0 Å². The third kappa shape index (κ3) is 2.89. The van der Waals surface area contributed by atoms with Crippen LogP contribution in [0.1, 0.15) is 16.7 Å². The van der Waals surface area contributed by atoms with Crippen molar-refractivity contribution >= 4 is 11.6 Å². The average molecular weight is 290 g/mol. The van der Waals surface area contributed by atoms with Crippen LogP contribution in [0.2, 0.25) is 5.02 Å². The molecule has 0 saturated carbocycles. The first kappa shape index (κ1) is 13.3. The van der Waals surface area contributed by atoms with Gasteiger partial charge >= 0.3 is 0 Å². The number of hydrogen-bond donors (Lipinski definition) is 1. The van der Waals surface area contributed by atoms with Crippen molar-refractivity contribution in [1.29, 1.82) is 0 Å². The number of ether oxygens (including phenoxy) is 2. The minimum absolute atomic E-state index is 0.316. The summed E-state index contributed by atoms with van der Waals surface area (Å²) in [6, 6.07) is 12.0. The molecular weight excluding hydrogens is 274 g/mol. The van der Waals surface area contributed by atoms with Gasteiger partial charge in [0.1, 0.15) is 0 Å². The Morgan fingerprint density at radius 2 is 1.90 bits per heavy atom. The molecule has 2 aromatic rings. The van der Waals surface area contributed by atoms with E-state index in [4.69, 9.17) is 21.1 Å². The Morgan fingerprint density at radius 3 is 2.75 bits per heavy atom. The lowest BCUT2D eigenvalue weighted by Gasteiger charge is -2.09. The van der Waals surface area contributed by atoms with Crippen molar-refractivity contribution in [2.75, 3.05) is 6.79 Å². The van der Waals surface area contributed by atoms with Crippen LogP contribution in [0.25, 0.3) is 0 Å². The van der Waals surface area contributed by atoms with Gasteiger partial charge in [0.15, 0.2) is 11.5 Å². The molecule has 104 valence electrons. The van der Waals surface area contributed by atoms with Crippen LogP contribution in [0.4, 0.5) is 0 Å². The van der Waals surface area contributed by atoms with E-state index in [0.717, 1.165) is 29.6 Å². The predicted molar refractivity (Wildman–Crippen MR) is 79.3 cm³/mol. The van der Waals surface area contributed by atoms with Crippen molar-refractivity contribution < 1.29 is 9.47 Å². The first-order chi connectivity index (χ1) is 9.72. The molecule has 0 amide bonds. The lowest BCUT2D eigenvalue weighted by Crippen LogP contribution is -2.13. The Balaban J connectivity index is 1.60. The van der Waals surface area contributed by atoms with Gasteiger partial charge in [-0.3, -0.25) is 0 Å². The fourth-order valence-corrected chi connectivity index (χ4v) is 2.48. The fourth-order valence-electron chi connectivity index (χ4n) is 2.25. The van der Waals surface area contributed by atoms with Gasteiger partial charge in [-0.25, -0.2) is 0 Å². The van der Waals surface area contributed by atoms with Gasteiger partial charge in [0, 0.05) is 18.1 Å². The maximum Gasteiger partial charge on any atom is 0.231 e. The molecule has 0 saturated heterocycles. The van der Waals surface area contributed by atoms with Crippen LogP contribution in [0.3, 0.4) is 0 Å². The number of halogens is 1. The molecule has 4 heteroatoms. The minimum Gasteiger partial charge on any atom is -0.454 e. The van der Waals surface area contributed by atoms with Crippen molar-refractivity contribution in [1.82, 2.24) is 5.32 Å². The maximum atomic E-state index is 5.95. The molecule has 1 aliphatic heterocycles. The highest BCUT2D eigenvalue weighted by Crippen LogP contribution is 2.32. The molecule has 3 nitrogen and oxygen atoms in total. The zero-order valence-electron chi connectivity index (χ0n) is 11.3. The Bertz CT molecular complexity index is 628. The molecule has 2 aromatic carbocycles. The van der Waals surface area contributed by atoms with Crippen LogP contribution in [-0.2, 0) is 13.1 Å². The first-order valence-electron chi connectivity index (χ1n) is 6.56. The highest BCUT2D eigenvalue weighted by atomic mass is 35.5. The quantitative estimate of drug-likeness (QED) is 0.931. The summed E-state index contributed by atoms with van der Waals surface area (Å²) in [5.41, 5.74) is 3.65. The molecule has 0 bridgehead atoms. The van der Waals surface area contributed by atoms with E-state index in [1.165, 1.54) is 16.7 Å². The topological polar surface area (TPSA) is 30.5 Å². The molecule has 0 radical (unpaired) electrons. The van der Waals surface area contributed by atoms with Gasteiger partial charge in [0.05, 0.1) is 0 Å². The van der Waals surface area contributed by atoms with Crippen LogP contribution in [-0.4, -0.2) is 6.79 Å². The van der Waals surface area contributed by atoms with Gasteiger partial charge in [0.25, 0.3) is 0 Å². The van der Waals surface area contributed by atoms with Gasteiger partial charge in [0.2, 0.25) is 6.79 Å². The maximum absolute atomic E-state index is 5.95. The van der Waals surface area contributed by atoms with Crippen molar-refractivity contribution in [2.24, 2.45) is 0 Å². The number of nitrogens with one attached hydrogen (secondary N) is 1. The van der Waals surface area contributed by atoms with E-state index >= 15 is 0 Å². The Morgan fingerprint density at radius 1 is 1.05 bits per heavy atom. The number of aryl methyl sites for hydroxylation is 1. The lowest BCUT2D eigenvalue weighted by molar-refractivity contribution is 0.174. The Labute approximate surface area is 123 Å². The molecule has 0 fully saturated rings. The van der Waals surface area contributed by atoms with Crippen LogP contribution in [0.5, 0.6) is 11.5 Å². The molecule has 1 heterocycles. The van der Waals surface area contributed by atoms with Crippen LogP contribution >= 0.6 is 11.6 Å². The third-order valence-corrected chi connectivity index (χ3v) is 3.62. The standard InChI is InChI=1S/C16H16ClNO2/c1-11-6-14(17)4-3-13(11)9-18-8-12-2-5-15-16(7-12)20-10-19-15/h2-7,18H,8-10H2,1H3. The lowest BCUT2D eigenvalue weighted by atomic mass is 10.1. The summed E-state index contributed by atoms with van der Waals surface area (Å²) in [7, 11) is 0. The second-order valence-corrected chi connectivity index (χ2v) is 5.30. The summed E-state index contributed by atoms with van der Waals surface area (Å²) in [4.78, 5) is 0. The molecule has 0 aliphatic carbocycles. The zero-order valence-corrected chi connectivity index (χ0v) is 12.0. The van der Waals surface area contributed by atoms with Crippen molar-refractivity contribution in [3.63, 3.8) is 0 Å². The van der Waals surface area contributed by atoms with Gasteiger partial charge < -0.3 is 14.8 Å².